The van der Waals surface area contributed by atoms with Crippen LogP contribution >= 0.6 is 0 Å². The van der Waals surface area contributed by atoms with Gasteiger partial charge in [-0.3, -0.25) is 0 Å². The molecule has 4 rings (SSSR count). The fourth-order valence-corrected chi connectivity index (χ4v) is 6.47. The van der Waals surface area contributed by atoms with Crippen LogP contribution in [0.15, 0.2) is 100 Å². The van der Waals surface area contributed by atoms with Gasteiger partial charge < -0.3 is 0 Å². The van der Waals surface area contributed by atoms with Crippen molar-refractivity contribution >= 4 is 0 Å². The van der Waals surface area contributed by atoms with E-state index in [2.05, 4.69) is 105 Å². The van der Waals surface area contributed by atoms with Crippen molar-refractivity contribution in [3.8, 4) is 0 Å². The van der Waals surface area contributed by atoms with E-state index in [0.717, 1.165) is 12.8 Å². The number of allylic oxidation sites excluding steroid dienone is 4. The van der Waals surface area contributed by atoms with Gasteiger partial charge in [-0.05, 0) is 0 Å². The van der Waals surface area contributed by atoms with E-state index in [0.29, 0.717) is 4.22 Å². The van der Waals surface area contributed by atoms with Crippen molar-refractivity contribution in [2.24, 2.45) is 0 Å². The van der Waals surface area contributed by atoms with Crippen LogP contribution in [0.2, 0.25) is 0 Å². The molecule has 3 aromatic carbocycles. The van der Waals surface area contributed by atoms with E-state index < -0.39 is 0 Å². The Morgan fingerprint density at radius 3 is 2.04 bits per heavy atom. The third-order valence-electron chi connectivity index (χ3n) is 5.34. The van der Waals surface area contributed by atoms with Crippen molar-refractivity contribution in [1.29, 1.82) is 0 Å². The Bertz CT molecular complexity index is 966. The van der Waals surface area contributed by atoms with Gasteiger partial charge in [-0.25, -0.2) is 0 Å². The predicted molar refractivity (Wildman–Crippen MR) is 115 cm³/mol. The zero-order valence-corrected chi connectivity index (χ0v) is 18.2. The summed E-state index contributed by atoms with van der Waals surface area (Å²) in [5.41, 5.74) is 8.62. The molecule has 0 nitrogen and oxygen atoms in total. The first-order valence-electron chi connectivity index (χ1n) is 10.0. The van der Waals surface area contributed by atoms with Crippen molar-refractivity contribution in [2.75, 3.05) is 0 Å². The average molecular weight is 398 g/mol. The molecular formula is C27H26Ti. The first-order chi connectivity index (χ1) is 13.7. The predicted octanol–water partition coefficient (Wildman–Crippen LogP) is 6.93. The monoisotopic (exact) mass is 398 g/mol. The summed E-state index contributed by atoms with van der Waals surface area (Å²) in [5.74, 6) is 0. The van der Waals surface area contributed by atoms with Crippen LogP contribution in [0.4, 0.5) is 0 Å². The van der Waals surface area contributed by atoms with E-state index >= 15 is 0 Å². The van der Waals surface area contributed by atoms with Gasteiger partial charge >= 0.3 is 178 Å². The molecular weight excluding hydrogens is 372 g/mol. The van der Waals surface area contributed by atoms with Crippen LogP contribution in [-0.2, 0) is 25.6 Å². The Hall–Kier alpha value is -2.15. The summed E-state index contributed by atoms with van der Waals surface area (Å²) in [4.78, 5) is 0. The van der Waals surface area contributed by atoms with E-state index in [1.807, 2.05) is 0 Å². The summed E-state index contributed by atoms with van der Waals surface area (Å²) in [6.45, 7) is 4.40. The van der Waals surface area contributed by atoms with Gasteiger partial charge in [0.1, 0.15) is 0 Å². The molecule has 0 aliphatic heterocycles. The SMILES string of the molecule is Cc1cccc([CH]([Ti][C]2=C(Cc3ccccc3)C=CC2)c2cccc(C)c2)c1. The number of hydrogen-bond acceptors (Lipinski definition) is 0. The van der Waals surface area contributed by atoms with Crippen molar-refractivity contribution in [2.45, 2.75) is 30.9 Å². The second-order valence-corrected chi connectivity index (χ2v) is 9.97. The molecule has 1 aliphatic rings. The topological polar surface area (TPSA) is 0 Å². The van der Waals surface area contributed by atoms with Crippen molar-refractivity contribution in [1.82, 2.24) is 0 Å². The van der Waals surface area contributed by atoms with Gasteiger partial charge in [0.05, 0.1) is 0 Å². The molecule has 0 unspecified atom stereocenters. The Labute approximate surface area is 177 Å². The van der Waals surface area contributed by atoms with Gasteiger partial charge in [0.15, 0.2) is 0 Å². The van der Waals surface area contributed by atoms with Crippen molar-refractivity contribution in [3.63, 3.8) is 0 Å². The number of hydrogen-bond donors (Lipinski definition) is 0. The number of aryl methyl sites for hydroxylation is 2. The number of benzene rings is 3. The quantitative estimate of drug-likeness (QED) is 0.395. The van der Waals surface area contributed by atoms with Gasteiger partial charge in [0.2, 0.25) is 0 Å². The zero-order chi connectivity index (χ0) is 19.3. The summed E-state index contributed by atoms with van der Waals surface area (Å²) in [5, 5.41) is 0. The molecule has 0 amide bonds. The Morgan fingerprint density at radius 2 is 1.43 bits per heavy atom. The van der Waals surface area contributed by atoms with Gasteiger partial charge in [-0.2, -0.15) is 0 Å². The standard InChI is InChI=1S/C15H15.C12H11.Ti/c1-12-5-3-7-14(9-12)11-15-8-4-6-13(2)10-15;1-2-6-11(7-3-1)10-12-8-4-5-9-12;/h3-11H,1-2H3;1-4,6-8H,5,10H2;. The number of rotatable bonds is 6. The molecule has 3 aromatic rings. The molecule has 138 valence electrons. The summed E-state index contributed by atoms with van der Waals surface area (Å²) in [6.07, 6.45) is 6.93. The van der Waals surface area contributed by atoms with E-state index in [1.165, 1.54) is 27.8 Å². The molecule has 0 heterocycles. The molecule has 0 N–H and O–H groups in total. The van der Waals surface area contributed by atoms with Crippen LogP contribution in [0.5, 0.6) is 0 Å². The van der Waals surface area contributed by atoms with E-state index in [9.17, 15) is 0 Å². The molecule has 0 aromatic heterocycles. The molecule has 0 saturated carbocycles. The molecule has 1 aliphatic carbocycles. The molecule has 0 bridgehead atoms. The van der Waals surface area contributed by atoms with Crippen molar-refractivity contribution < 1.29 is 19.2 Å². The maximum atomic E-state index is 2.39. The fraction of sp³-hybridized carbons (Fsp3) is 0.185. The maximum absolute atomic E-state index is 2.39. The first-order valence-corrected chi connectivity index (χ1v) is 11.7. The average Bonchev–Trinajstić information content (AvgIpc) is 3.13. The van der Waals surface area contributed by atoms with Gasteiger partial charge in [-0.15, -0.1) is 0 Å². The Balaban J connectivity index is 1.68. The Morgan fingerprint density at radius 1 is 0.786 bits per heavy atom. The third-order valence-corrected chi connectivity index (χ3v) is 8.19. The van der Waals surface area contributed by atoms with Crippen LogP contribution in [0.25, 0.3) is 0 Å². The van der Waals surface area contributed by atoms with Gasteiger partial charge in [-0.1, -0.05) is 0 Å². The molecule has 0 fully saturated rings. The minimum atomic E-state index is -0.317. The summed E-state index contributed by atoms with van der Waals surface area (Å²) >= 11 is -0.317. The minimum absolute atomic E-state index is 0.317. The second kappa shape index (κ2) is 8.90. The van der Waals surface area contributed by atoms with Crippen LogP contribution < -0.4 is 0 Å². The van der Waals surface area contributed by atoms with E-state index in [1.54, 1.807) is 9.45 Å². The van der Waals surface area contributed by atoms with Crippen LogP contribution in [-0.4, -0.2) is 0 Å². The molecule has 0 atom stereocenters. The third kappa shape index (κ3) is 4.63. The van der Waals surface area contributed by atoms with E-state index in [-0.39, 0.29) is 19.2 Å². The van der Waals surface area contributed by atoms with Crippen LogP contribution in [0, 0.1) is 13.8 Å². The summed E-state index contributed by atoms with van der Waals surface area (Å²) in [7, 11) is 0. The normalized spacial score (nSPS) is 13.4. The van der Waals surface area contributed by atoms with Crippen molar-refractivity contribution in [3.05, 3.63) is 128 Å². The summed E-state index contributed by atoms with van der Waals surface area (Å²) < 4.78 is 2.23. The zero-order valence-electron chi connectivity index (χ0n) is 16.7. The molecule has 0 radical (unpaired) electrons. The van der Waals surface area contributed by atoms with Gasteiger partial charge in [0, 0.05) is 0 Å². The molecule has 0 spiro atoms. The molecule has 1 heteroatoms. The van der Waals surface area contributed by atoms with Gasteiger partial charge in [0.25, 0.3) is 0 Å². The molecule has 28 heavy (non-hydrogen) atoms. The fourth-order valence-electron chi connectivity index (χ4n) is 3.92. The first kappa shape index (κ1) is 19.2. The molecule has 0 saturated heterocycles. The van der Waals surface area contributed by atoms with Crippen LogP contribution in [0.1, 0.15) is 38.5 Å². The summed E-state index contributed by atoms with van der Waals surface area (Å²) in [6, 6.07) is 29.1. The van der Waals surface area contributed by atoms with E-state index in [4.69, 9.17) is 0 Å². The van der Waals surface area contributed by atoms with Crippen LogP contribution in [0.3, 0.4) is 0 Å². The second-order valence-electron chi connectivity index (χ2n) is 7.68. The Kier molecular flexibility index (Phi) is 6.10.